The lowest BCUT2D eigenvalue weighted by molar-refractivity contribution is -0.138. The molecular weight excluding hydrogens is 290 g/mol. The Hall–Kier alpha value is -2.57. The number of ether oxygens (including phenoxy) is 1. The van der Waals surface area contributed by atoms with Crippen molar-refractivity contribution in [3.8, 4) is 5.75 Å². The number of aliphatic carboxylic acids is 1. The number of aromatic hydroxyl groups is 1. The van der Waals surface area contributed by atoms with Gasteiger partial charge in [0.25, 0.3) is 0 Å². The summed E-state index contributed by atoms with van der Waals surface area (Å²) in [6.07, 6.45) is -0.453. The molecule has 120 valence electrons. The first-order valence-electron chi connectivity index (χ1n) is 6.81. The maximum atomic E-state index is 11.7. The van der Waals surface area contributed by atoms with Crippen LogP contribution in [0.2, 0.25) is 0 Å². The number of carboxylic acids is 1. The summed E-state index contributed by atoms with van der Waals surface area (Å²) < 4.78 is 5.00. The van der Waals surface area contributed by atoms with Gasteiger partial charge in [-0.2, -0.15) is 0 Å². The summed E-state index contributed by atoms with van der Waals surface area (Å²) in [5, 5.41) is 20.7. The van der Waals surface area contributed by atoms with Crippen molar-refractivity contribution in [2.45, 2.75) is 26.7 Å². The second-order valence-electron chi connectivity index (χ2n) is 5.17. The predicted octanol–water partition coefficient (Wildman–Crippen LogP) is 2.01. The number of nitrogens with one attached hydrogen (secondary N) is 1. The van der Waals surface area contributed by atoms with Crippen molar-refractivity contribution in [1.82, 2.24) is 0 Å². The highest BCUT2D eigenvalue weighted by Crippen LogP contribution is 2.23. The fourth-order valence-corrected chi connectivity index (χ4v) is 1.55. The van der Waals surface area contributed by atoms with Crippen molar-refractivity contribution in [3.05, 3.63) is 23.8 Å². The van der Waals surface area contributed by atoms with Crippen LogP contribution < -0.4 is 5.32 Å². The summed E-state index contributed by atoms with van der Waals surface area (Å²) in [5.41, 5.74) is 0.275. The third kappa shape index (κ3) is 5.82. The molecule has 0 saturated carbocycles. The van der Waals surface area contributed by atoms with E-state index in [4.69, 9.17) is 9.84 Å². The van der Waals surface area contributed by atoms with Crippen molar-refractivity contribution in [2.75, 3.05) is 11.9 Å². The molecule has 0 unspecified atom stereocenters. The van der Waals surface area contributed by atoms with E-state index >= 15 is 0 Å². The minimum absolute atomic E-state index is 0.00387. The molecule has 0 aliphatic carbocycles. The van der Waals surface area contributed by atoms with E-state index in [1.165, 1.54) is 18.2 Å². The van der Waals surface area contributed by atoms with Crippen LogP contribution in [0, 0.1) is 5.92 Å². The molecule has 0 saturated heterocycles. The van der Waals surface area contributed by atoms with E-state index in [2.05, 4.69) is 5.32 Å². The van der Waals surface area contributed by atoms with Gasteiger partial charge in [-0.05, 0) is 18.1 Å². The quantitative estimate of drug-likeness (QED) is 0.664. The minimum atomic E-state index is -1.07. The van der Waals surface area contributed by atoms with Gasteiger partial charge >= 0.3 is 11.9 Å². The predicted molar refractivity (Wildman–Crippen MR) is 78.7 cm³/mol. The Morgan fingerprint density at radius 2 is 1.91 bits per heavy atom. The number of benzene rings is 1. The Labute approximate surface area is 127 Å². The second kappa shape index (κ2) is 8.02. The number of phenols is 1. The van der Waals surface area contributed by atoms with Crippen molar-refractivity contribution < 1.29 is 29.3 Å². The number of hydrogen-bond acceptors (Lipinski definition) is 5. The van der Waals surface area contributed by atoms with Crippen LogP contribution in [0.4, 0.5) is 5.69 Å². The van der Waals surface area contributed by atoms with Gasteiger partial charge in [-0.15, -0.1) is 0 Å². The summed E-state index contributed by atoms with van der Waals surface area (Å²) in [4.78, 5) is 33.6. The topological polar surface area (TPSA) is 113 Å². The molecule has 3 N–H and O–H groups in total. The smallest absolute Gasteiger partial charge is 0.341 e. The number of phenolic OH excluding ortho intramolecular Hbond substituents is 1. The first kappa shape index (κ1) is 17.5. The maximum absolute atomic E-state index is 11.7. The molecule has 1 rings (SSSR count). The zero-order valence-electron chi connectivity index (χ0n) is 12.5. The van der Waals surface area contributed by atoms with Crippen LogP contribution in [0.1, 0.15) is 37.0 Å². The van der Waals surface area contributed by atoms with Gasteiger partial charge in [-0.3, -0.25) is 9.59 Å². The van der Waals surface area contributed by atoms with Gasteiger partial charge in [0.2, 0.25) is 5.91 Å². The summed E-state index contributed by atoms with van der Waals surface area (Å²) in [6.45, 7) is 4.03. The lowest BCUT2D eigenvalue weighted by atomic mass is 10.1. The number of hydrogen-bond donors (Lipinski definition) is 3. The van der Waals surface area contributed by atoms with Crippen LogP contribution in [0.15, 0.2) is 18.2 Å². The summed E-state index contributed by atoms with van der Waals surface area (Å²) >= 11 is 0. The third-order valence-corrected chi connectivity index (χ3v) is 2.62. The van der Waals surface area contributed by atoms with E-state index in [-0.39, 0.29) is 42.4 Å². The number of carbonyl (C=O) groups is 3. The average Bonchev–Trinajstić information content (AvgIpc) is 2.42. The zero-order valence-corrected chi connectivity index (χ0v) is 12.5. The van der Waals surface area contributed by atoms with E-state index in [0.717, 1.165) is 0 Å². The molecule has 0 aliphatic heterocycles. The number of esters is 1. The molecule has 7 nitrogen and oxygen atoms in total. The number of amides is 1. The normalized spacial score (nSPS) is 10.3. The minimum Gasteiger partial charge on any atom is -0.507 e. The molecular formula is C15H19NO6. The molecule has 1 amide bonds. The van der Waals surface area contributed by atoms with Gasteiger partial charge in [0.15, 0.2) is 0 Å². The first-order valence-corrected chi connectivity index (χ1v) is 6.81. The maximum Gasteiger partial charge on any atom is 0.341 e. The van der Waals surface area contributed by atoms with Crippen LogP contribution in [-0.4, -0.2) is 34.7 Å². The van der Waals surface area contributed by atoms with Crippen LogP contribution >= 0.6 is 0 Å². The first-order chi connectivity index (χ1) is 10.3. The Bertz CT molecular complexity index is 567. The Morgan fingerprint density at radius 3 is 2.45 bits per heavy atom. The summed E-state index contributed by atoms with van der Waals surface area (Å²) in [6, 6.07) is 3.99. The molecule has 1 aromatic rings. The number of anilines is 1. The summed E-state index contributed by atoms with van der Waals surface area (Å²) in [5.74, 6) is -2.34. The highest BCUT2D eigenvalue weighted by atomic mass is 16.5. The lowest BCUT2D eigenvalue weighted by Gasteiger charge is -2.10. The largest absolute Gasteiger partial charge is 0.507 e. The number of carboxylic acid groups (broad SMARTS) is 1. The number of carbonyl (C=O) groups excluding carboxylic acids is 2. The second-order valence-corrected chi connectivity index (χ2v) is 5.17. The van der Waals surface area contributed by atoms with Gasteiger partial charge in [0.05, 0.1) is 13.0 Å². The molecule has 0 heterocycles. The number of rotatable bonds is 7. The highest BCUT2D eigenvalue weighted by molar-refractivity contribution is 5.95. The van der Waals surface area contributed by atoms with Crippen LogP contribution in [0.5, 0.6) is 5.75 Å². The molecule has 1 aromatic carbocycles. The molecule has 0 atom stereocenters. The molecule has 0 fully saturated rings. The fraction of sp³-hybridized carbons (Fsp3) is 0.400. The van der Waals surface area contributed by atoms with E-state index in [1.54, 1.807) is 0 Å². The molecule has 7 heteroatoms. The molecule has 0 aromatic heterocycles. The molecule has 0 bridgehead atoms. The zero-order chi connectivity index (χ0) is 16.7. The third-order valence-electron chi connectivity index (χ3n) is 2.62. The highest BCUT2D eigenvalue weighted by Gasteiger charge is 2.14. The van der Waals surface area contributed by atoms with Gasteiger partial charge in [-0.25, -0.2) is 4.79 Å². The Balaban J connectivity index is 2.67. The SMILES string of the molecule is CC(C)COC(=O)c1ccc(NC(=O)CCC(=O)O)cc1O. The Kier molecular flexibility index (Phi) is 6.37. The van der Waals surface area contributed by atoms with Crippen LogP contribution in [0.25, 0.3) is 0 Å². The van der Waals surface area contributed by atoms with E-state index < -0.39 is 17.8 Å². The van der Waals surface area contributed by atoms with Crippen molar-refractivity contribution in [3.63, 3.8) is 0 Å². The van der Waals surface area contributed by atoms with Gasteiger partial charge in [-0.1, -0.05) is 13.8 Å². The molecule has 22 heavy (non-hydrogen) atoms. The lowest BCUT2D eigenvalue weighted by Crippen LogP contribution is -2.14. The van der Waals surface area contributed by atoms with E-state index in [0.29, 0.717) is 0 Å². The van der Waals surface area contributed by atoms with Gasteiger partial charge in [0.1, 0.15) is 11.3 Å². The molecule has 0 radical (unpaired) electrons. The van der Waals surface area contributed by atoms with E-state index in [9.17, 15) is 19.5 Å². The van der Waals surface area contributed by atoms with Gasteiger partial charge in [0, 0.05) is 18.2 Å². The van der Waals surface area contributed by atoms with Crippen molar-refractivity contribution in [1.29, 1.82) is 0 Å². The van der Waals surface area contributed by atoms with E-state index in [1.807, 2.05) is 13.8 Å². The monoisotopic (exact) mass is 309 g/mol. The van der Waals surface area contributed by atoms with Crippen molar-refractivity contribution >= 4 is 23.5 Å². The van der Waals surface area contributed by atoms with Crippen LogP contribution in [0.3, 0.4) is 0 Å². The molecule has 0 spiro atoms. The summed E-state index contributed by atoms with van der Waals surface area (Å²) in [7, 11) is 0. The van der Waals surface area contributed by atoms with Gasteiger partial charge < -0.3 is 20.3 Å². The van der Waals surface area contributed by atoms with Crippen molar-refractivity contribution in [2.24, 2.45) is 5.92 Å². The standard InChI is InChI=1S/C15H19NO6/c1-9(2)8-22-15(21)11-4-3-10(7-12(11)17)16-13(18)5-6-14(19)20/h3-4,7,9,17H,5-6,8H2,1-2H3,(H,16,18)(H,19,20). The average molecular weight is 309 g/mol. The fourth-order valence-electron chi connectivity index (χ4n) is 1.55. The molecule has 0 aliphatic rings. The van der Waals surface area contributed by atoms with Crippen LogP contribution in [-0.2, 0) is 14.3 Å². The Morgan fingerprint density at radius 1 is 1.23 bits per heavy atom.